The van der Waals surface area contributed by atoms with Crippen molar-refractivity contribution >= 4 is 5.78 Å². The van der Waals surface area contributed by atoms with Crippen LogP contribution in [0.5, 0.6) is 0 Å². The summed E-state index contributed by atoms with van der Waals surface area (Å²) < 4.78 is 0. The summed E-state index contributed by atoms with van der Waals surface area (Å²) in [5, 5.41) is 0. The predicted molar refractivity (Wildman–Crippen MR) is 65.5 cm³/mol. The van der Waals surface area contributed by atoms with Crippen LogP contribution in [-0.2, 0) is 4.79 Å². The van der Waals surface area contributed by atoms with Crippen LogP contribution in [-0.4, -0.2) is 54.9 Å². The largest absolute Gasteiger partial charge is 0.306 e. The van der Waals surface area contributed by atoms with E-state index in [4.69, 9.17) is 0 Å². The number of Topliss-reactive ketones (excluding diaryl/α,β-unsaturated/α-hetero) is 1. The summed E-state index contributed by atoms with van der Waals surface area (Å²) in [4.78, 5) is 16.3. The molecule has 3 nitrogen and oxygen atoms in total. The Bertz CT molecular complexity index is 246. The normalized spacial score (nSPS) is 30.9. The van der Waals surface area contributed by atoms with E-state index >= 15 is 0 Å². The average Bonchev–Trinajstić information content (AvgIpc) is 2.25. The number of rotatable bonds is 2. The summed E-state index contributed by atoms with van der Waals surface area (Å²) in [5.74, 6) is 1.30. The molecule has 0 spiro atoms. The van der Waals surface area contributed by atoms with Crippen LogP contribution < -0.4 is 0 Å². The molecule has 0 N–H and O–H groups in total. The second-order valence-electron chi connectivity index (χ2n) is 5.58. The first-order valence-electron chi connectivity index (χ1n) is 6.59. The lowest BCUT2D eigenvalue weighted by molar-refractivity contribution is -0.123. The number of piperidine rings is 2. The maximum absolute atomic E-state index is 11.3. The molecular formula is C13H24N2O. The van der Waals surface area contributed by atoms with Crippen molar-refractivity contribution in [3.05, 3.63) is 0 Å². The molecule has 2 heterocycles. The lowest BCUT2D eigenvalue weighted by Crippen LogP contribution is -2.45. The minimum absolute atomic E-state index is 0.451. The smallest absolute Gasteiger partial charge is 0.135 e. The maximum atomic E-state index is 11.3. The Hall–Kier alpha value is -0.410. The number of carbonyl (C=O) groups excluding carboxylic acids is 1. The van der Waals surface area contributed by atoms with Crippen molar-refractivity contribution in [1.82, 2.24) is 9.80 Å². The van der Waals surface area contributed by atoms with Gasteiger partial charge >= 0.3 is 0 Å². The van der Waals surface area contributed by atoms with E-state index in [-0.39, 0.29) is 0 Å². The zero-order valence-corrected chi connectivity index (χ0v) is 10.6. The number of likely N-dealkylation sites (tertiary alicyclic amines) is 2. The molecule has 0 aromatic rings. The van der Waals surface area contributed by atoms with Gasteiger partial charge in [-0.25, -0.2) is 0 Å². The van der Waals surface area contributed by atoms with E-state index in [1.54, 1.807) is 0 Å². The standard InChI is InChI=1S/C13H24N2O/c1-11-9-13(16)5-8-15(11)10-12-3-6-14(2)7-4-12/h11-12H,3-10H2,1-2H3. The highest BCUT2D eigenvalue weighted by Crippen LogP contribution is 2.21. The third-order valence-corrected chi connectivity index (χ3v) is 4.16. The van der Waals surface area contributed by atoms with Crippen molar-refractivity contribution in [2.45, 2.75) is 38.6 Å². The van der Waals surface area contributed by atoms with E-state index in [9.17, 15) is 4.79 Å². The maximum Gasteiger partial charge on any atom is 0.135 e. The van der Waals surface area contributed by atoms with E-state index in [0.29, 0.717) is 11.8 Å². The molecule has 1 unspecified atom stereocenters. The van der Waals surface area contributed by atoms with Gasteiger partial charge in [-0.2, -0.15) is 0 Å². The molecule has 0 aromatic heterocycles. The topological polar surface area (TPSA) is 23.6 Å². The molecule has 2 aliphatic heterocycles. The molecule has 16 heavy (non-hydrogen) atoms. The van der Waals surface area contributed by atoms with Gasteiger partial charge in [0.05, 0.1) is 0 Å². The van der Waals surface area contributed by atoms with E-state index in [0.717, 1.165) is 25.3 Å². The van der Waals surface area contributed by atoms with E-state index in [1.807, 2.05) is 0 Å². The Labute approximate surface area is 98.8 Å². The van der Waals surface area contributed by atoms with Gasteiger partial charge in [-0.15, -0.1) is 0 Å². The molecule has 2 aliphatic rings. The van der Waals surface area contributed by atoms with Gasteiger partial charge in [-0.3, -0.25) is 9.69 Å². The summed E-state index contributed by atoms with van der Waals surface area (Å²) in [5.41, 5.74) is 0. The highest BCUT2D eigenvalue weighted by molar-refractivity contribution is 5.79. The third kappa shape index (κ3) is 3.05. The van der Waals surface area contributed by atoms with Crippen molar-refractivity contribution in [3.63, 3.8) is 0 Å². The van der Waals surface area contributed by atoms with E-state index < -0.39 is 0 Å². The summed E-state index contributed by atoms with van der Waals surface area (Å²) >= 11 is 0. The fourth-order valence-electron chi connectivity index (χ4n) is 2.90. The molecular weight excluding hydrogens is 200 g/mol. The first kappa shape index (κ1) is 12.1. The minimum Gasteiger partial charge on any atom is -0.306 e. The molecule has 1 atom stereocenters. The van der Waals surface area contributed by atoms with Crippen LogP contribution in [0.1, 0.15) is 32.6 Å². The number of ketones is 1. The van der Waals surface area contributed by atoms with Crippen molar-refractivity contribution in [2.24, 2.45) is 5.92 Å². The van der Waals surface area contributed by atoms with Crippen molar-refractivity contribution in [3.8, 4) is 0 Å². The quantitative estimate of drug-likeness (QED) is 0.708. The molecule has 0 amide bonds. The molecule has 2 fully saturated rings. The zero-order valence-electron chi connectivity index (χ0n) is 10.6. The van der Waals surface area contributed by atoms with Crippen LogP contribution in [0.25, 0.3) is 0 Å². The second kappa shape index (κ2) is 5.28. The van der Waals surface area contributed by atoms with Gasteiger partial charge in [0.25, 0.3) is 0 Å². The van der Waals surface area contributed by atoms with Gasteiger partial charge < -0.3 is 4.90 Å². The van der Waals surface area contributed by atoms with Crippen LogP contribution in [0, 0.1) is 5.92 Å². The van der Waals surface area contributed by atoms with E-state index in [1.165, 1.54) is 32.5 Å². The molecule has 2 rings (SSSR count). The van der Waals surface area contributed by atoms with Gasteiger partial charge in [0.15, 0.2) is 0 Å². The van der Waals surface area contributed by atoms with Crippen molar-refractivity contribution in [2.75, 3.05) is 33.2 Å². The van der Waals surface area contributed by atoms with Gasteiger partial charge in [-0.1, -0.05) is 0 Å². The van der Waals surface area contributed by atoms with Crippen LogP contribution in [0.2, 0.25) is 0 Å². The molecule has 0 saturated carbocycles. The monoisotopic (exact) mass is 224 g/mol. The summed E-state index contributed by atoms with van der Waals surface area (Å²) in [6.45, 7) is 6.89. The fourth-order valence-corrected chi connectivity index (χ4v) is 2.90. The number of hydrogen-bond donors (Lipinski definition) is 0. The molecule has 0 radical (unpaired) electrons. The molecule has 0 aromatic carbocycles. The summed E-state index contributed by atoms with van der Waals surface area (Å²) in [6, 6.07) is 0.473. The van der Waals surface area contributed by atoms with Crippen LogP contribution in [0.3, 0.4) is 0 Å². The second-order valence-corrected chi connectivity index (χ2v) is 5.58. The van der Waals surface area contributed by atoms with Gasteiger partial charge in [0.1, 0.15) is 5.78 Å². The van der Waals surface area contributed by atoms with E-state index in [2.05, 4.69) is 23.8 Å². The van der Waals surface area contributed by atoms with Gasteiger partial charge in [0, 0.05) is 32.0 Å². The van der Waals surface area contributed by atoms with Crippen molar-refractivity contribution < 1.29 is 4.79 Å². The SMILES string of the molecule is CC1CC(=O)CCN1CC1CCN(C)CC1. The number of hydrogen-bond acceptors (Lipinski definition) is 3. The Morgan fingerprint density at radius 3 is 2.56 bits per heavy atom. The summed E-state index contributed by atoms with van der Waals surface area (Å²) in [6.07, 6.45) is 4.20. The lowest BCUT2D eigenvalue weighted by Gasteiger charge is -2.37. The van der Waals surface area contributed by atoms with Crippen LogP contribution >= 0.6 is 0 Å². The van der Waals surface area contributed by atoms with Crippen LogP contribution in [0.15, 0.2) is 0 Å². The number of carbonyl (C=O) groups is 1. The Morgan fingerprint density at radius 2 is 1.94 bits per heavy atom. The molecule has 3 heteroatoms. The Kier molecular flexibility index (Phi) is 3.98. The average molecular weight is 224 g/mol. The third-order valence-electron chi connectivity index (χ3n) is 4.16. The van der Waals surface area contributed by atoms with Gasteiger partial charge in [0.2, 0.25) is 0 Å². The highest BCUT2D eigenvalue weighted by Gasteiger charge is 2.26. The Morgan fingerprint density at radius 1 is 1.25 bits per heavy atom. The predicted octanol–water partition coefficient (Wildman–Crippen LogP) is 1.38. The molecule has 0 bridgehead atoms. The van der Waals surface area contributed by atoms with Crippen molar-refractivity contribution in [1.29, 1.82) is 0 Å². The summed E-state index contributed by atoms with van der Waals surface area (Å²) in [7, 11) is 2.21. The molecule has 0 aliphatic carbocycles. The minimum atomic E-state index is 0.451. The highest BCUT2D eigenvalue weighted by atomic mass is 16.1. The first-order chi connectivity index (χ1) is 7.65. The van der Waals surface area contributed by atoms with Gasteiger partial charge in [-0.05, 0) is 45.8 Å². The molecule has 92 valence electrons. The zero-order chi connectivity index (χ0) is 11.5. The van der Waals surface area contributed by atoms with Crippen LogP contribution in [0.4, 0.5) is 0 Å². The Balaban J connectivity index is 1.78. The number of nitrogens with zero attached hydrogens (tertiary/aromatic N) is 2. The molecule has 2 saturated heterocycles. The lowest BCUT2D eigenvalue weighted by atomic mass is 9.94. The fraction of sp³-hybridized carbons (Fsp3) is 0.923. The first-order valence-corrected chi connectivity index (χ1v) is 6.59.